The van der Waals surface area contributed by atoms with E-state index in [1.165, 1.54) is 6.92 Å². The van der Waals surface area contributed by atoms with Gasteiger partial charge in [0, 0.05) is 6.54 Å². The summed E-state index contributed by atoms with van der Waals surface area (Å²) in [6.45, 7) is 1.36. The Bertz CT molecular complexity index is 112. The van der Waals surface area contributed by atoms with Crippen LogP contribution in [0, 0.1) is 0 Å². The summed E-state index contributed by atoms with van der Waals surface area (Å²) >= 11 is 0. The number of carbonyl (C=O) groups is 1. The summed E-state index contributed by atoms with van der Waals surface area (Å²) in [5.41, 5.74) is 8.97. The predicted octanol–water partition coefficient (Wildman–Crippen LogP) is -0.685. The van der Waals surface area contributed by atoms with Crippen LogP contribution in [0.25, 0.3) is 0 Å². The van der Waals surface area contributed by atoms with E-state index in [9.17, 15) is 4.79 Å². The number of nitrogens with two attached hydrogens (primary N) is 2. The molecule has 0 aromatic heterocycles. The Balaban J connectivity index is 3.71. The van der Waals surface area contributed by atoms with Crippen molar-refractivity contribution in [3.05, 3.63) is 0 Å². The number of hydrogen-bond acceptors (Lipinski definition) is 4. The fourth-order valence-corrected chi connectivity index (χ4v) is 0.241. The van der Waals surface area contributed by atoms with Gasteiger partial charge in [0.1, 0.15) is 0 Å². The molecule has 0 bridgehead atoms. The van der Waals surface area contributed by atoms with E-state index in [0.717, 1.165) is 0 Å². The Hall–Kier alpha value is -0.810. The zero-order valence-corrected chi connectivity index (χ0v) is 5.13. The molecular formula is C4H10N2O3. The van der Waals surface area contributed by atoms with Crippen molar-refractivity contribution in [1.82, 2.24) is 0 Å². The molecule has 9 heavy (non-hydrogen) atoms. The highest BCUT2D eigenvalue weighted by Crippen LogP contribution is 1.97. The van der Waals surface area contributed by atoms with Gasteiger partial charge in [0.05, 0.1) is 0 Å². The highest BCUT2D eigenvalue weighted by atomic mass is 16.7. The molecule has 0 spiro atoms. The first kappa shape index (κ1) is 8.19. The van der Waals surface area contributed by atoms with Gasteiger partial charge in [0.25, 0.3) is 0 Å². The minimum atomic E-state index is -1.41. The van der Waals surface area contributed by atoms with Crippen molar-refractivity contribution in [2.24, 2.45) is 11.5 Å². The molecule has 0 aliphatic heterocycles. The van der Waals surface area contributed by atoms with Gasteiger partial charge in [0.15, 0.2) is 5.72 Å². The summed E-state index contributed by atoms with van der Waals surface area (Å²) in [4.78, 5) is 9.82. The third kappa shape index (κ3) is 3.75. The largest absolute Gasteiger partial charge is 0.507 e. The van der Waals surface area contributed by atoms with Gasteiger partial charge in [-0.1, -0.05) is 0 Å². The maximum atomic E-state index is 9.82. The van der Waals surface area contributed by atoms with E-state index in [1.54, 1.807) is 0 Å². The predicted molar refractivity (Wildman–Crippen MR) is 30.8 cm³/mol. The van der Waals surface area contributed by atoms with Gasteiger partial charge in [-0.15, -0.1) is 0 Å². The van der Waals surface area contributed by atoms with E-state index in [2.05, 4.69) is 4.74 Å². The summed E-state index contributed by atoms with van der Waals surface area (Å²) in [5.74, 6) is 0. The summed E-state index contributed by atoms with van der Waals surface area (Å²) in [6.07, 6.45) is -1.41. The average Bonchev–Trinajstić information content (AvgIpc) is 1.63. The van der Waals surface area contributed by atoms with Crippen LogP contribution in [0.1, 0.15) is 6.92 Å². The number of rotatable bonds is 2. The second-order valence-corrected chi connectivity index (χ2v) is 1.88. The van der Waals surface area contributed by atoms with Crippen LogP contribution in [0.5, 0.6) is 0 Å². The minimum absolute atomic E-state index is 0.0285. The Morgan fingerprint density at radius 2 is 2.33 bits per heavy atom. The number of carboxylic acid groups (broad SMARTS) is 1. The van der Waals surface area contributed by atoms with Crippen LogP contribution in [-0.4, -0.2) is 23.5 Å². The molecule has 5 heteroatoms. The SMILES string of the molecule is CC(N)(CN)OC(=O)O. The molecule has 0 fully saturated rings. The molecule has 0 saturated carbocycles. The normalized spacial score (nSPS) is 16.3. The monoisotopic (exact) mass is 134 g/mol. The highest BCUT2D eigenvalue weighted by molar-refractivity contribution is 5.57. The smallest absolute Gasteiger partial charge is 0.450 e. The summed E-state index contributed by atoms with van der Waals surface area (Å²) in [5, 5.41) is 8.02. The van der Waals surface area contributed by atoms with Crippen molar-refractivity contribution >= 4 is 6.16 Å². The van der Waals surface area contributed by atoms with Crippen LogP contribution in [0.3, 0.4) is 0 Å². The standard InChI is InChI=1S/C4H10N2O3/c1-4(6,2-5)9-3(7)8/h2,5-6H2,1H3,(H,7,8). The Labute approximate surface area is 52.6 Å². The minimum Gasteiger partial charge on any atom is -0.450 e. The molecule has 5 N–H and O–H groups in total. The molecule has 5 nitrogen and oxygen atoms in total. The van der Waals surface area contributed by atoms with E-state index in [-0.39, 0.29) is 6.54 Å². The number of ether oxygens (including phenoxy) is 1. The van der Waals surface area contributed by atoms with Crippen molar-refractivity contribution < 1.29 is 14.6 Å². The zero-order chi connectivity index (χ0) is 7.49. The fraction of sp³-hybridized carbons (Fsp3) is 0.750. The van der Waals surface area contributed by atoms with Crippen molar-refractivity contribution in [3.8, 4) is 0 Å². The molecule has 0 radical (unpaired) electrons. The lowest BCUT2D eigenvalue weighted by Gasteiger charge is -2.19. The van der Waals surface area contributed by atoms with Gasteiger partial charge in [0.2, 0.25) is 0 Å². The molecule has 0 aromatic rings. The van der Waals surface area contributed by atoms with Crippen LogP contribution < -0.4 is 11.5 Å². The molecule has 0 rings (SSSR count). The lowest BCUT2D eigenvalue weighted by Crippen LogP contribution is -2.47. The third-order valence-corrected chi connectivity index (χ3v) is 0.726. The van der Waals surface area contributed by atoms with E-state index in [0.29, 0.717) is 0 Å². The molecule has 1 atom stereocenters. The number of hydrogen-bond donors (Lipinski definition) is 3. The Morgan fingerprint density at radius 1 is 1.89 bits per heavy atom. The van der Waals surface area contributed by atoms with Gasteiger partial charge in [-0.25, -0.2) is 4.79 Å². The maximum absolute atomic E-state index is 9.82. The van der Waals surface area contributed by atoms with E-state index in [1.807, 2.05) is 0 Å². The second kappa shape index (κ2) is 2.65. The second-order valence-electron chi connectivity index (χ2n) is 1.88. The van der Waals surface area contributed by atoms with Crippen LogP contribution >= 0.6 is 0 Å². The average molecular weight is 134 g/mol. The first-order chi connectivity index (χ1) is 3.98. The molecule has 54 valence electrons. The lowest BCUT2D eigenvalue weighted by molar-refractivity contribution is 0.00187. The zero-order valence-electron chi connectivity index (χ0n) is 5.13. The van der Waals surface area contributed by atoms with E-state index in [4.69, 9.17) is 16.6 Å². The fourth-order valence-electron chi connectivity index (χ4n) is 0.241. The van der Waals surface area contributed by atoms with E-state index < -0.39 is 11.9 Å². The molecule has 0 amide bonds. The van der Waals surface area contributed by atoms with Crippen molar-refractivity contribution in [2.45, 2.75) is 12.6 Å². The topological polar surface area (TPSA) is 98.6 Å². The van der Waals surface area contributed by atoms with Crippen molar-refractivity contribution in [3.63, 3.8) is 0 Å². The first-order valence-corrected chi connectivity index (χ1v) is 2.39. The van der Waals surface area contributed by atoms with Crippen molar-refractivity contribution in [2.75, 3.05) is 6.54 Å². The van der Waals surface area contributed by atoms with Gasteiger partial charge >= 0.3 is 6.16 Å². The maximum Gasteiger partial charge on any atom is 0.507 e. The summed E-state index contributed by atoms with van der Waals surface area (Å²) in [6, 6.07) is 0. The lowest BCUT2D eigenvalue weighted by atomic mass is 10.3. The van der Waals surface area contributed by atoms with Crippen LogP contribution in [0.4, 0.5) is 4.79 Å². The molecular weight excluding hydrogens is 124 g/mol. The molecule has 0 saturated heterocycles. The first-order valence-electron chi connectivity index (χ1n) is 2.39. The van der Waals surface area contributed by atoms with Gasteiger partial charge in [-0.2, -0.15) is 0 Å². The summed E-state index contributed by atoms with van der Waals surface area (Å²) in [7, 11) is 0. The molecule has 0 heterocycles. The van der Waals surface area contributed by atoms with Crippen LogP contribution in [0.2, 0.25) is 0 Å². The van der Waals surface area contributed by atoms with Gasteiger partial charge in [-0.05, 0) is 6.92 Å². The van der Waals surface area contributed by atoms with Gasteiger partial charge < -0.3 is 15.6 Å². The quantitative estimate of drug-likeness (QED) is 0.343. The van der Waals surface area contributed by atoms with E-state index >= 15 is 0 Å². The Morgan fingerprint density at radius 3 is 2.44 bits per heavy atom. The summed E-state index contributed by atoms with van der Waals surface area (Å²) < 4.78 is 4.16. The molecule has 0 aliphatic rings. The molecule has 0 aromatic carbocycles. The molecule has 0 aliphatic carbocycles. The van der Waals surface area contributed by atoms with Gasteiger partial charge in [-0.3, -0.25) is 5.73 Å². The van der Waals surface area contributed by atoms with Crippen molar-refractivity contribution in [1.29, 1.82) is 0 Å². The van der Waals surface area contributed by atoms with Crippen LogP contribution in [0.15, 0.2) is 0 Å². The highest BCUT2D eigenvalue weighted by Gasteiger charge is 2.20. The van der Waals surface area contributed by atoms with Crippen LogP contribution in [-0.2, 0) is 4.74 Å². The Kier molecular flexibility index (Phi) is 2.41. The third-order valence-electron chi connectivity index (χ3n) is 0.726. The molecule has 1 unspecified atom stereocenters.